The Bertz CT molecular complexity index is 2120. The van der Waals surface area contributed by atoms with Crippen LogP contribution in [0.15, 0.2) is 85.1 Å². The van der Waals surface area contributed by atoms with E-state index in [1.165, 1.54) is 109 Å². The average Bonchev–Trinajstić information content (AvgIpc) is 1.73. The number of hydrogen-bond acceptors (Lipinski definition) is 15. The second kappa shape index (κ2) is 67.8. The molecule has 0 amide bonds. The van der Waals surface area contributed by atoms with Gasteiger partial charge in [0.05, 0.1) is 26.4 Å². The number of aliphatic hydroxyl groups is 1. The number of phosphoric ester groups is 2. The van der Waals surface area contributed by atoms with Crippen LogP contribution in [0.1, 0.15) is 310 Å². The zero-order valence-corrected chi connectivity index (χ0v) is 60.9. The van der Waals surface area contributed by atoms with E-state index in [-0.39, 0.29) is 25.7 Å². The Morgan fingerprint density at radius 1 is 0.309 bits per heavy atom. The van der Waals surface area contributed by atoms with Gasteiger partial charge >= 0.3 is 39.5 Å². The number of phosphoric acid groups is 2. The second-order valence-electron chi connectivity index (χ2n) is 24.5. The van der Waals surface area contributed by atoms with E-state index in [0.29, 0.717) is 32.1 Å². The van der Waals surface area contributed by atoms with Gasteiger partial charge < -0.3 is 33.8 Å². The van der Waals surface area contributed by atoms with Crippen LogP contribution in [0.5, 0.6) is 0 Å². The molecule has 3 N–H and O–H groups in total. The predicted octanol–water partition coefficient (Wildman–Crippen LogP) is 20.7. The normalized spacial score (nSPS) is 14.5. The third kappa shape index (κ3) is 66.8. The lowest BCUT2D eigenvalue weighted by molar-refractivity contribution is -0.161. The Hall–Kier alpha value is -3.76. The van der Waals surface area contributed by atoms with Crippen LogP contribution in [0.2, 0.25) is 0 Å². The van der Waals surface area contributed by atoms with E-state index in [1.807, 2.05) is 18.2 Å². The summed E-state index contributed by atoms with van der Waals surface area (Å²) in [6.07, 6.45) is 67.5. The number of carbonyl (C=O) groups excluding carboxylic acids is 4. The maximum atomic E-state index is 13.0. The van der Waals surface area contributed by atoms with E-state index in [9.17, 15) is 43.2 Å². The molecular formula is C75H132O17P2. The van der Waals surface area contributed by atoms with Crippen LogP contribution >= 0.6 is 15.6 Å². The summed E-state index contributed by atoms with van der Waals surface area (Å²) in [4.78, 5) is 72.6. The van der Waals surface area contributed by atoms with E-state index in [2.05, 4.69) is 94.5 Å². The molecule has 0 fully saturated rings. The maximum absolute atomic E-state index is 13.0. The van der Waals surface area contributed by atoms with Gasteiger partial charge in [0.25, 0.3) is 0 Å². The number of esters is 4. The van der Waals surface area contributed by atoms with Crippen molar-refractivity contribution in [3.8, 4) is 0 Å². The molecule has 5 atom stereocenters. The summed E-state index contributed by atoms with van der Waals surface area (Å²) in [6, 6.07) is 0. The van der Waals surface area contributed by atoms with Gasteiger partial charge in [0.15, 0.2) is 12.2 Å². The highest BCUT2D eigenvalue weighted by Gasteiger charge is 2.30. The first-order valence-corrected chi connectivity index (χ1v) is 39.8. The van der Waals surface area contributed by atoms with E-state index < -0.39 is 97.5 Å². The first kappa shape index (κ1) is 90.2. The van der Waals surface area contributed by atoms with E-state index in [4.69, 9.17) is 37.0 Å². The number of hydrogen-bond donors (Lipinski definition) is 3. The quantitative estimate of drug-likeness (QED) is 0.0169. The van der Waals surface area contributed by atoms with Gasteiger partial charge in [0.2, 0.25) is 0 Å². The van der Waals surface area contributed by atoms with Crippen LogP contribution in [0.25, 0.3) is 0 Å². The van der Waals surface area contributed by atoms with Crippen molar-refractivity contribution in [3.05, 3.63) is 85.1 Å². The molecule has 0 saturated carbocycles. The third-order valence-electron chi connectivity index (χ3n) is 15.4. The van der Waals surface area contributed by atoms with Crippen molar-refractivity contribution in [1.29, 1.82) is 0 Å². The topological polar surface area (TPSA) is 237 Å². The second-order valence-corrected chi connectivity index (χ2v) is 27.4. The Morgan fingerprint density at radius 2 is 0.574 bits per heavy atom. The van der Waals surface area contributed by atoms with Gasteiger partial charge in [0, 0.05) is 25.7 Å². The molecule has 0 saturated heterocycles. The summed E-state index contributed by atoms with van der Waals surface area (Å²) < 4.78 is 68.2. The van der Waals surface area contributed by atoms with Crippen LogP contribution in [0.3, 0.4) is 0 Å². The van der Waals surface area contributed by atoms with Crippen molar-refractivity contribution >= 4 is 39.5 Å². The summed E-state index contributed by atoms with van der Waals surface area (Å²) in [5.74, 6) is -2.26. The molecule has 0 aromatic heterocycles. The molecule has 0 aromatic carbocycles. The van der Waals surface area contributed by atoms with Crippen LogP contribution in [0.4, 0.5) is 0 Å². The van der Waals surface area contributed by atoms with E-state index in [0.717, 1.165) is 116 Å². The number of carbonyl (C=O) groups is 4. The predicted molar refractivity (Wildman–Crippen MR) is 381 cm³/mol. The van der Waals surface area contributed by atoms with Crippen LogP contribution in [-0.2, 0) is 65.4 Å². The zero-order chi connectivity index (χ0) is 69.0. The molecule has 544 valence electrons. The van der Waals surface area contributed by atoms with Gasteiger partial charge in [-0.25, -0.2) is 9.13 Å². The number of aliphatic hydroxyl groups excluding tert-OH is 1. The van der Waals surface area contributed by atoms with Crippen LogP contribution < -0.4 is 0 Å². The molecule has 0 aliphatic carbocycles. The first-order valence-electron chi connectivity index (χ1n) is 36.8. The summed E-state index contributed by atoms with van der Waals surface area (Å²) in [7, 11) is -9.95. The molecule has 0 aliphatic rings. The summed E-state index contributed by atoms with van der Waals surface area (Å²) in [6.45, 7) is 4.65. The Kier molecular flexibility index (Phi) is 65.1. The summed E-state index contributed by atoms with van der Waals surface area (Å²) in [5, 5.41) is 10.6. The number of allylic oxidation sites excluding steroid dienone is 14. The Labute approximate surface area is 570 Å². The lowest BCUT2D eigenvalue weighted by atomic mass is 10.1. The molecule has 0 rings (SSSR count). The molecule has 0 spiro atoms. The minimum absolute atomic E-state index is 0.0360. The molecule has 17 nitrogen and oxygen atoms in total. The Morgan fingerprint density at radius 3 is 0.926 bits per heavy atom. The van der Waals surface area contributed by atoms with E-state index >= 15 is 0 Å². The van der Waals surface area contributed by atoms with Crippen molar-refractivity contribution in [3.63, 3.8) is 0 Å². The maximum Gasteiger partial charge on any atom is 0.472 e. The standard InChI is InChI=1S/C75H132O17P2/c1-5-9-13-17-21-25-29-31-32-33-34-35-36-38-41-44-48-52-56-60-73(78)86-66-71(92-75(80)62-58-54-50-46-42-37-30-26-22-18-14-10-6-2)68-90-94(83,84)88-64-69(76)63-87-93(81,82)89-67-70(91-74(79)61-57-53-49-45-40-28-24-20-16-12-8-4)65-85-72(77)59-55-51-47-43-39-27-23-19-15-11-7-3/h9,13,21,25-26,30-32,34-35,38,41,48,52,69-71,76H,5-8,10-12,14-20,22-24,27-29,33,36-37,39-40,42-47,49-51,53-68H2,1-4H3,(H,81,82)(H,83,84)/b13-9-,25-21-,30-26-,32-31-,35-34-,41-38-,52-48-. The third-order valence-corrected chi connectivity index (χ3v) is 17.3. The van der Waals surface area contributed by atoms with Crippen molar-refractivity contribution in [2.75, 3.05) is 39.6 Å². The lowest BCUT2D eigenvalue weighted by Gasteiger charge is -2.21. The molecule has 94 heavy (non-hydrogen) atoms. The molecule has 0 heterocycles. The molecule has 0 bridgehead atoms. The lowest BCUT2D eigenvalue weighted by Crippen LogP contribution is -2.30. The van der Waals surface area contributed by atoms with Crippen molar-refractivity contribution in [1.82, 2.24) is 0 Å². The van der Waals surface area contributed by atoms with Crippen LogP contribution in [0, 0.1) is 0 Å². The molecule has 19 heteroatoms. The van der Waals surface area contributed by atoms with Gasteiger partial charge in [-0.1, -0.05) is 280 Å². The smallest absolute Gasteiger partial charge is 0.462 e. The van der Waals surface area contributed by atoms with Gasteiger partial charge in [-0.3, -0.25) is 37.3 Å². The SMILES string of the molecule is CC/C=C\C/C=C\C/C=C\C/C=C\C/C=C\C/C=C\CCC(=O)OCC(COP(=O)(O)OCC(O)COP(=O)(O)OCC(COC(=O)CCCCCCCCCCCCC)OC(=O)CCCCCCCCCCCCC)OC(=O)CCCCCCC/C=C\CCCCCC. The minimum atomic E-state index is -4.98. The van der Waals surface area contributed by atoms with E-state index in [1.54, 1.807) is 0 Å². The molecule has 0 aromatic rings. The van der Waals surface area contributed by atoms with Gasteiger partial charge in [-0.15, -0.1) is 0 Å². The molecule has 0 radical (unpaired) electrons. The van der Waals surface area contributed by atoms with Crippen molar-refractivity contribution < 1.29 is 80.2 Å². The summed E-state index contributed by atoms with van der Waals surface area (Å²) >= 11 is 0. The zero-order valence-electron chi connectivity index (χ0n) is 59.1. The van der Waals surface area contributed by atoms with Gasteiger partial charge in [-0.2, -0.15) is 0 Å². The number of unbranched alkanes of at least 4 members (excludes halogenated alkanes) is 29. The van der Waals surface area contributed by atoms with Crippen molar-refractivity contribution in [2.45, 2.75) is 329 Å². The fourth-order valence-electron chi connectivity index (χ4n) is 9.77. The highest BCUT2D eigenvalue weighted by molar-refractivity contribution is 7.47. The number of ether oxygens (including phenoxy) is 4. The highest BCUT2D eigenvalue weighted by atomic mass is 31.2. The molecular weight excluding hydrogens is 1230 g/mol. The average molecular weight is 1370 g/mol. The Balaban J connectivity index is 5.36. The first-order chi connectivity index (χ1) is 45.7. The molecule has 0 aliphatic heterocycles. The molecule has 5 unspecified atom stereocenters. The van der Waals surface area contributed by atoms with Gasteiger partial charge in [-0.05, 0) is 89.9 Å². The number of rotatable bonds is 69. The largest absolute Gasteiger partial charge is 0.472 e. The fraction of sp³-hybridized carbons (Fsp3) is 0.760. The fourth-order valence-corrected chi connectivity index (χ4v) is 11.3. The minimum Gasteiger partial charge on any atom is -0.462 e. The highest BCUT2D eigenvalue weighted by Crippen LogP contribution is 2.45. The monoisotopic (exact) mass is 1370 g/mol. The summed E-state index contributed by atoms with van der Waals surface area (Å²) in [5.41, 5.74) is 0. The van der Waals surface area contributed by atoms with Crippen LogP contribution in [-0.4, -0.2) is 96.7 Å². The van der Waals surface area contributed by atoms with Crippen molar-refractivity contribution in [2.24, 2.45) is 0 Å². The van der Waals surface area contributed by atoms with Gasteiger partial charge in [0.1, 0.15) is 19.3 Å².